The minimum Gasteiger partial charge on any atom is -0.0654 e. The average Bonchev–Trinajstić information content (AvgIpc) is 2.46. The molecule has 76 valence electrons. The molecule has 0 saturated heterocycles. The quantitative estimate of drug-likeness (QED) is 0.596. The fourth-order valence-electron chi connectivity index (χ4n) is 4.01. The first-order valence-corrected chi connectivity index (χ1v) is 6.33. The zero-order valence-corrected chi connectivity index (χ0v) is 9.26. The fourth-order valence-corrected chi connectivity index (χ4v) is 4.01. The van der Waals surface area contributed by atoms with Gasteiger partial charge in [-0.2, -0.15) is 0 Å². The first kappa shape index (κ1) is 9.55. The zero-order valence-electron chi connectivity index (χ0n) is 9.26. The van der Waals surface area contributed by atoms with E-state index in [9.17, 15) is 0 Å². The highest BCUT2D eigenvalue weighted by Gasteiger charge is 2.40. The van der Waals surface area contributed by atoms with Gasteiger partial charge in [-0.05, 0) is 42.9 Å². The van der Waals surface area contributed by atoms with E-state index in [2.05, 4.69) is 13.8 Å². The van der Waals surface area contributed by atoms with E-state index in [1.807, 2.05) is 0 Å². The second-order valence-corrected chi connectivity index (χ2v) is 5.37. The van der Waals surface area contributed by atoms with Crippen LogP contribution in [0.15, 0.2) is 0 Å². The summed E-state index contributed by atoms with van der Waals surface area (Å²) in [7, 11) is 0. The molecule has 0 amide bonds. The Balaban J connectivity index is 1.99. The summed E-state index contributed by atoms with van der Waals surface area (Å²) < 4.78 is 0. The summed E-state index contributed by atoms with van der Waals surface area (Å²) in [5, 5.41) is 0. The monoisotopic (exact) mass is 180 g/mol. The van der Waals surface area contributed by atoms with Crippen LogP contribution < -0.4 is 0 Å². The number of rotatable bonds is 2. The van der Waals surface area contributed by atoms with Crippen molar-refractivity contribution in [1.29, 1.82) is 0 Å². The van der Waals surface area contributed by atoms with E-state index in [1.165, 1.54) is 25.7 Å². The minimum atomic E-state index is 1.04. The van der Waals surface area contributed by atoms with Gasteiger partial charge in [0.2, 0.25) is 0 Å². The van der Waals surface area contributed by atoms with Gasteiger partial charge in [-0.15, -0.1) is 0 Å². The molecule has 2 aliphatic rings. The van der Waals surface area contributed by atoms with Crippen molar-refractivity contribution in [3.8, 4) is 0 Å². The van der Waals surface area contributed by atoms with E-state index >= 15 is 0 Å². The van der Waals surface area contributed by atoms with Crippen molar-refractivity contribution in [2.45, 2.75) is 58.8 Å². The van der Waals surface area contributed by atoms with Crippen LogP contribution in [-0.2, 0) is 0 Å². The third-order valence-corrected chi connectivity index (χ3v) is 4.55. The fraction of sp³-hybridized carbons (Fsp3) is 1.00. The van der Waals surface area contributed by atoms with E-state index in [0.29, 0.717) is 0 Å². The number of hydrogen-bond acceptors (Lipinski definition) is 0. The molecule has 0 nitrogen and oxygen atoms in total. The van der Waals surface area contributed by atoms with Crippen molar-refractivity contribution in [3.63, 3.8) is 0 Å². The normalized spacial score (nSPS) is 44.8. The Morgan fingerprint density at radius 2 is 1.77 bits per heavy atom. The van der Waals surface area contributed by atoms with Gasteiger partial charge in [-0.3, -0.25) is 0 Å². The van der Waals surface area contributed by atoms with Crippen LogP contribution in [0.25, 0.3) is 0 Å². The molecule has 2 fully saturated rings. The molecule has 0 bridgehead atoms. The first-order chi connectivity index (χ1) is 6.33. The molecule has 0 aliphatic heterocycles. The highest BCUT2D eigenvalue weighted by atomic mass is 14.5. The van der Waals surface area contributed by atoms with Gasteiger partial charge in [-0.25, -0.2) is 0 Å². The van der Waals surface area contributed by atoms with Crippen molar-refractivity contribution in [1.82, 2.24) is 0 Å². The molecule has 0 heteroatoms. The highest BCUT2D eigenvalue weighted by molar-refractivity contribution is 4.90. The molecule has 0 spiro atoms. The third kappa shape index (κ3) is 1.78. The molecular weight excluding hydrogens is 156 g/mol. The zero-order chi connectivity index (χ0) is 9.26. The summed E-state index contributed by atoms with van der Waals surface area (Å²) in [4.78, 5) is 0. The summed E-state index contributed by atoms with van der Waals surface area (Å²) in [6, 6.07) is 0. The largest absolute Gasteiger partial charge is 0.0654 e. The Hall–Kier alpha value is 0. The molecule has 0 N–H and O–H groups in total. The Kier molecular flexibility index (Phi) is 2.96. The summed E-state index contributed by atoms with van der Waals surface area (Å²) in [6.45, 7) is 4.85. The predicted octanol–water partition coefficient (Wildman–Crippen LogP) is 4.25. The molecular formula is C13H24. The lowest BCUT2D eigenvalue weighted by atomic mass is 9.75. The number of hydrogen-bond donors (Lipinski definition) is 0. The van der Waals surface area contributed by atoms with Gasteiger partial charge >= 0.3 is 0 Å². The van der Waals surface area contributed by atoms with Gasteiger partial charge in [0.05, 0.1) is 0 Å². The number of fused-ring (bicyclic) bond motifs is 1. The lowest BCUT2D eigenvalue weighted by Crippen LogP contribution is -2.20. The SMILES string of the molecule is CCCC1CC(C)C2CCCCC12. The Labute approximate surface area is 83.1 Å². The van der Waals surface area contributed by atoms with Gasteiger partial charge in [-0.1, -0.05) is 39.5 Å². The van der Waals surface area contributed by atoms with Crippen LogP contribution in [0.3, 0.4) is 0 Å². The molecule has 0 aromatic rings. The molecule has 2 saturated carbocycles. The van der Waals surface area contributed by atoms with Crippen molar-refractivity contribution >= 4 is 0 Å². The van der Waals surface area contributed by atoms with Crippen molar-refractivity contribution < 1.29 is 0 Å². The van der Waals surface area contributed by atoms with Crippen LogP contribution >= 0.6 is 0 Å². The second kappa shape index (κ2) is 4.02. The van der Waals surface area contributed by atoms with Crippen molar-refractivity contribution in [2.24, 2.45) is 23.7 Å². The van der Waals surface area contributed by atoms with Crippen LogP contribution in [-0.4, -0.2) is 0 Å². The Bertz CT molecular complexity index is 161. The summed E-state index contributed by atoms with van der Waals surface area (Å²) in [6.07, 6.45) is 10.6. The summed E-state index contributed by atoms with van der Waals surface area (Å²) in [5.41, 5.74) is 0. The third-order valence-electron chi connectivity index (χ3n) is 4.55. The van der Waals surface area contributed by atoms with Gasteiger partial charge in [0.15, 0.2) is 0 Å². The van der Waals surface area contributed by atoms with Crippen LogP contribution in [0.5, 0.6) is 0 Å². The molecule has 13 heavy (non-hydrogen) atoms. The Morgan fingerprint density at radius 1 is 1.08 bits per heavy atom. The van der Waals surface area contributed by atoms with E-state index in [0.717, 1.165) is 23.7 Å². The molecule has 0 aromatic heterocycles. The maximum atomic E-state index is 2.50. The Morgan fingerprint density at radius 3 is 2.46 bits per heavy atom. The molecule has 0 radical (unpaired) electrons. The van der Waals surface area contributed by atoms with Crippen LogP contribution in [0.1, 0.15) is 58.8 Å². The standard InChI is InChI=1S/C13H24/c1-3-6-11-9-10(2)12-7-4-5-8-13(11)12/h10-13H,3-9H2,1-2H3. The van der Waals surface area contributed by atoms with E-state index in [-0.39, 0.29) is 0 Å². The lowest BCUT2D eigenvalue weighted by Gasteiger charge is -2.30. The van der Waals surface area contributed by atoms with Crippen LogP contribution in [0, 0.1) is 23.7 Å². The van der Waals surface area contributed by atoms with E-state index in [1.54, 1.807) is 19.3 Å². The highest BCUT2D eigenvalue weighted by Crippen LogP contribution is 2.50. The predicted molar refractivity (Wildman–Crippen MR) is 57.6 cm³/mol. The summed E-state index contributed by atoms with van der Waals surface area (Å²) in [5.74, 6) is 4.39. The smallest absolute Gasteiger partial charge is 0.0355 e. The first-order valence-electron chi connectivity index (χ1n) is 6.33. The van der Waals surface area contributed by atoms with Crippen LogP contribution in [0.2, 0.25) is 0 Å². The molecule has 4 unspecified atom stereocenters. The molecule has 2 aliphatic carbocycles. The summed E-state index contributed by atoms with van der Waals surface area (Å²) >= 11 is 0. The maximum Gasteiger partial charge on any atom is -0.0355 e. The van der Waals surface area contributed by atoms with Gasteiger partial charge in [0, 0.05) is 0 Å². The average molecular weight is 180 g/mol. The van der Waals surface area contributed by atoms with Crippen molar-refractivity contribution in [3.05, 3.63) is 0 Å². The molecule has 4 atom stereocenters. The second-order valence-electron chi connectivity index (χ2n) is 5.37. The molecule has 0 heterocycles. The van der Waals surface area contributed by atoms with Gasteiger partial charge < -0.3 is 0 Å². The van der Waals surface area contributed by atoms with Crippen LogP contribution in [0.4, 0.5) is 0 Å². The minimum absolute atomic E-state index is 1.04. The van der Waals surface area contributed by atoms with Crippen molar-refractivity contribution in [2.75, 3.05) is 0 Å². The van der Waals surface area contributed by atoms with Gasteiger partial charge in [0.1, 0.15) is 0 Å². The molecule has 0 aromatic carbocycles. The lowest BCUT2D eigenvalue weighted by molar-refractivity contribution is 0.202. The van der Waals surface area contributed by atoms with E-state index in [4.69, 9.17) is 0 Å². The molecule has 2 rings (SSSR count). The topological polar surface area (TPSA) is 0 Å². The van der Waals surface area contributed by atoms with E-state index < -0.39 is 0 Å². The van der Waals surface area contributed by atoms with Gasteiger partial charge in [0.25, 0.3) is 0 Å². The maximum absolute atomic E-state index is 2.50.